The van der Waals surface area contributed by atoms with Gasteiger partial charge in [-0.3, -0.25) is 19.4 Å². The maximum Gasteiger partial charge on any atom is 0.257 e. The van der Waals surface area contributed by atoms with Gasteiger partial charge in [0.05, 0.1) is 41.2 Å². The predicted octanol–water partition coefficient (Wildman–Crippen LogP) is 6.28. The Kier molecular flexibility index (Phi) is 6.96. The molecule has 8 nitrogen and oxygen atoms in total. The minimum Gasteiger partial charge on any atom is -0.377 e. The fourth-order valence-corrected chi connectivity index (χ4v) is 4.96. The molecule has 2 atom stereocenters. The molecule has 1 aliphatic heterocycles. The van der Waals surface area contributed by atoms with Gasteiger partial charge in [0.25, 0.3) is 5.91 Å². The second-order valence-electron chi connectivity index (χ2n) is 9.99. The second kappa shape index (κ2) is 10.5. The number of carbonyl (C=O) groups excluding carboxylic acids is 1. The Hall–Kier alpha value is -4.46. The summed E-state index contributed by atoms with van der Waals surface area (Å²) in [4.78, 5) is 23.8. The van der Waals surface area contributed by atoms with E-state index in [1.165, 1.54) is 5.57 Å². The molecule has 194 valence electrons. The third-order valence-corrected chi connectivity index (χ3v) is 6.91. The number of nitrogens with one attached hydrogen (secondary N) is 2. The van der Waals surface area contributed by atoms with Crippen LogP contribution in [0, 0.1) is 6.92 Å². The van der Waals surface area contributed by atoms with Crippen LogP contribution in [0.1, 0.15) is 60.3 Å². The van der Waals surface area contributed by atoms with Crippen molar-refractivity contribution in [3.8, 4) is 0 Å². The highest BCUT2D eigenvalue weighted by molar-refractivity contribution is 6.04. The third kappa shape index (κ3) is 5.16. The fraction of sp³-hybridized carbons (Fsp3) is 0.267. The number of benzene rings is 1. The van der Waals surface area contributed by atoms with E-state index in [1.807, 2.05) is 67.7 Å². The first-order chi connectivity index (χ1) is 18.3. The molecule has 4 heterocycles. The zero-order valence-corrected chi connectivity index (χ0v) is 22.4. The van der Waals surface area contributed by atoms with Gasteiger partial charge in [-0.15, -0.1) is 0 Å². The minimum absolute atomic E-state index is 0.0268. The van der Waals surface area contributed by atoms with Crippen LogP contribution < -0.4 is 15.5 Å². The lowest BCUT2D eigenvalue weighted by molar-refractivity contribution is 0.102. The summed E-state index contributed by atoms with van der Waals surface area (Å²) < 4.78 is 1.83. The number of hydrogen-bond acceptors (Lipinski definition) is 6. The number of amides is 1. The molecule has 2 N–H and O–H groups in total. The summed E-state index contributed by atoms with van der Waals surface area (Å²) in [5.41, 5.74) is 8.68. The Bertz CT molecular complexity index is 1510. The number of aromatic nitrogens is 4. The Morgan fingerprint density at radius 2 is 1.89 bits per heavy atom. The summed E-state index contributed by atoms with van der Waals surface area (Å²) in [5.74, 6) is -0.179. The molecule has 1 unspecified atom stereocenters. The van der Waals surface area contributed by atoms with E-state index in [2.05, 4.69) is 63.5 Å². The van der Waals surface area contributed by atoms with Crippen LogP contribution in [0.5, 0.6) is 0 Å². The molecule has 8 heteroatoms. The summed E-state index contributed by atoms with van der Waals surface area (Å²) in [7, 11) is 1.93. The summed E-state index contributed by atoms with van der Waals surface area (Å²) in [6, 6.07) is 9.97. The van der Waals surface area contributed by atoms with Gasteiger partial charge in [-0.25, -0.2) is 0 Å². The average molecular weight is 508 g/mol. The number of aryl methyl sites for hydroxylation is 2. The lowest BCUT2D eigenvalue weighted by Gasteiger charge is -2.30. The highest BCUT2D eigenvalue weighted by Crippen LogP contribution is 2.41. The van der Waals surface area contributed by atoms with E-state index in [9.17, 15) is 4.79 Å². The minimum atomic E-state index is -0.179. The molecule has 0 radical (unpaired) electrons. The second-order valence-corrected chi connectivity index (χ2v) is 9.99. The van der Waals surface area contributed by atoms with Crippen molar-refractivity contribution >= 4 is 34.2 Å². The number of carbonyl (C=O) groups is 1. The van der Waals surface area contributed by atoms with Crippen molar-refractivity contribution in [1.82, 2.24) is 19.7 Å². The number of hydrogen-bond donors (Lipinski definition) is 2. The summed E-state index contributed by atoms with van der Waals surface area (Å²) in [6.45, 7) is 8.41. The third-order valence-electron chi connectivity index (χ3n) is 6.91. The van der Waals surface area contributed by atoms with Gasteiger partial charge in [0.2, 0.25) is 0 Å². The van der Waals surface area contributed by atoms with Gasteiger partial charge in [0.1, 0.15) is 0 Å². The number of fused-ring (bicyclic) bond motifs is 1. The molecule has 0 saturated heterocycles. The monoisotopic (exact) mass is 507 g/mol. The van der Waals surface area contributed by atoms with Crippen LogP contribution in [0.4, 0.5) is 22.7 Å². The highest BCUT2D eigenvalue weighted by atomic mass is 16.1. The Morgan fingerprint density at radius 3 is 2.66 bits per heavy atom. The zero-order valence-electron chi connectivity index (χ0n) is 22.4. The number of anilines is 4. The van der Waals surface area contributed by atoms with Gasteiger partial charge in [-0.2, -0.15) is 5.10 Å². The van der Waals surface area contributed by atoms with E-state index in [0.29, 0.717) is 5.56 Å². The fourth-order valence-electron chi connectivity index (χ4n) is 4.96. The molecule has 5 rings (SSSR count). The van der Waals surface area contributed by atoms with E-state index in [4.69, 9.17) is 0 Å². The topological polar surface area (TPSA) is 88.0 Å². The zero-order chi connectivity index (χ0) is 26.8. The van der Waals surface area contributed by atoms with Gasteiger partial charge in [0.15, 0.2) is 0 Å². The molecule has 0 bridgehead atoms. The smallest absolute Gasteiger partial charge is 0.257 e. The van der Waals surface area contributed by atoms with E-state index < -0.39 is 0 Å². The van der Waals surface area contributed by atoms with Crippen LogP contribution in [0.25, 0.3) is 5.57 Å². The number of nitrogens with zero attached hydrogens (tertiary/aromatic N) is 5. The summed E-state index contributed by atoms with van der Waals surface area (Å²) >= 11 is 0. The number of rotatable bonds is 6. The Morgan fingerprint density at radius 1 is 1.08 bits per heavy atom. The number of allylic oxidation sites excluding steroid dienone is 1. The lowest BCUT2D eigenvalue weighted by atomic mass is 10.0. The standard InChI is InChI=1S/C30H33N7O/c1-19-11-24(14-31-13-19)30(38)35-25-8-6-7-23(12-25)22(4)34-27-16-32-17-28-29(27)20(2)9-10-21(3)37(28)26-15-33-36(5)18-26/h6-9,11-18,21-22,34H,10H2,1-5H3,(H,35,38)/t21?,22-/m0/s1. The quantitative estimate of drug-likeness (QED) is 0.319. The van der Waals surface area contributed by atoms with E-state index in [-0.39, 0.29) is 18.0 Å². The molecule has 3 aromatic heterocycles. The first-order valence-electron chi connectivity index (χ1n) is 12.8. The van der Waals surface area contributed by atoms with Gasteiger partial charge in [-0.1, -0.05) is 18.2 Å². The molecule has 38 heavy (non-hydrogen) atoms. The van der Waals surface area contributed by atoms with Gasteiger partial charge >= 0.3 is 0 Å². The SMILES string of the molecule is CC1=CCC(C)N(c2cnn(C)c2)c2cncc(N[C@@H](C)c3cccc(NC(=O)c4cncc(C)c4)c3)c21. The maximum atomic E-state index is 12.8. The van der Waals surface area contributed by atoms with Crippen molar-refractivity contribution in [2.24, 2.45) is 7.05 Å². The van der Waals surface area contributed by atoms with Crippen LogP contribution in [-0.4, -0.2) is 31.7 Å². The molecule has 0 saturated carbocycles. The van der Waals surface area contributed by atoms with Crippen LogP contribution in [0.3, 0.4) is 0 Å². The summed E-state index contributed by atoms with van der Waals surface area (Å²) in [5, 5.41) is 11.1. The highest BCUT2D eigenvalue weighted by Gasteiger charge is 2.26. The molecule has 4 aromatic rings. The molecular formula is C30H33N7O. The van der Waals surface area contributed by atoms with E-state index >= 15 is 0 Å². The first-order valence-corrected chi connectivity index (χ1v) is 12.8. The van der Waals surface area contributed by atoms with E-state index in [1.54, 1.807) is 12.4 Å². The van der Waals surface area contributed by atoms with Crippen molar-refractivity contribution in [3.05, 3.63) is 95.8 Å². The Balaban J connectivity index is 1.42. The van der Waals surface area contributed by atoms with Crippen LogP contribution >= 0.6 is 0 Å². The van der Waals surface area contributed by atoms with Crippen molar-refractivity contribution in [3.63, 3.8) is 0 Å². The molecule has 0 fully saturated rings. The molecule has 0 aliphatic carbocycles. The van der Waals surface area contributed by atoms with Crippen LogP contribution in [0.15, 0.2) is 73.6 Å². The first kappa shape index (κ1) is 25.2. The van der Waals surface area contributed by atoms with Gasteiger partial charge in [0, 0.05) is 49.0 Å². The van der Waals surface area contributed by atoms with Crippen LogP contribution in [0.2, 0.25) is 0 Å². The van der Waals surface area contributed by atoms with Crippen LogP contribution in [-0.2, 0) is 7.05 Å². The van der Waals surface area contributed by atoms with Crippen molar-refractivity contribution in [2.75, 3.05) is 15.5 Å². The number of pyridine rings is 2. The lowest BCUT2D eigenvalue weighted by Crippen LogP contribution is -2.27. The van der Waals surface area contributed by atoms with Crippen molar-refractivity contribution in [1.29, 1.82) is 0 Å². The van der Waals surface area contributed by atoms with E-state index in [0.717, 1.165) is 45.9 Å². The molecule has 0 spiro atoms. The van der Waals surface area contributed by atoms with Crippen molar-refractivity contribution < 1.29 is 4.79 Å². The van der Waals surface area contributed by atoms with Crippen molar-refractivity contribution in [2.45, 2.75) is 46.2 Å². The molecular weight excluding hydrogens is 474 g/mol. The largest absolute Gasteiger partial charge is 0.377 e. The normalized spacial score (nSPS) is 15.8. The summed E-state index contributed by atoms with van der Waals surface area (Å²) in [6.07, 6.45) is 14.3. The van der Waals surface area contributed by atoms with Gasteiger partial charge < -0.3 is 15.5 Å². The maximum absolute atomic E-state index is 12.8. The molecule has 1 aliphatic rings. The predicted molar refractivity (Wildman–Crippen MR) is 153 cm³/mol. The Labute approximate surface area is 223 Å². The van der Waals surface area contributed by atoms with Gasteiger partial charge in [-0.05, 0) is 69.0 Å². The molecule has 1 amide bonds. The average Bonchev–Trinajstić information content (AvgIpc) is 3.27. The molecule has 1 aromatic carbocycles.